The van der Waals surface area contributed by atoms with Gasteiger partial charge in [0, 0.05) is 12.1 Å². The Labute approximate surface area is 115 Å². The van der Waals surface area contributed by atoms with E-state index in [0.29, 0.717) is 19.4 Å². The molecular formula is C13H27N3O3. The fourth-order valence-corrected chi connectivity index (χ4v) is 1.47. The molecule has 112 valence electrons. The monoisotopic (exact) mass is 273 g/mol. The van der Waals surface area contributed by atoms with Gasteiger partial charge in [-0.1, -0.05) is 13.3 Å². The molecule has 0 aromatic heterocycles. The smallest absolute Gasteiger partial charge is 0.329 e. The van der Waals surface area contributed by atoms with Gasteiger partial charge in [-0.15, -0.1) is 0 Å². The number of nitrogens with zero attached hydrogens (tertiary/aromatic N) is 1. The van der Waals surface area contributed by atoms with Crippen molar-refractivity contribution in [3.05, 3.63) is 0 Å². The van der Waals surface area contributed by atoms with Crippen LogP contribution in [0.15, 0.2) is 0 Å². The molecule has 0 radical (unpaired) electrons. The molecule has 0 saturated heterocycles. The van der Waals surface area contributed by atoms with Gasteiger partial charge in [0.2, 0.25) is 0 Å². The van der Waals surface area contributed by atoms with Gasteiger partial charge in [0.25, 0.3) is 0 Å². The predicted molar refractivity (Wildman–Crippen MR) is 75.2 cm³/mol. The number of carboxylic acids is 1. The number of hydrogen-bond donors (Lipinski definition) is 3. The summed E-state index contributed by atoms with van der Waals surface area (Å²) in [6.07, 6.45) is 1.08. The van der Waals surface area contributed by atoms with E-state index in [-0.39, 0.29) is 5.54 Å². The van der Waals surface area contributed by atoms with Crippen LogP contribution in [0.25, 0.3) is 0 Å². The molecule has 0 saturated carbocycles. The van der Waals surface area contributed by atoms with Gasteiger partial charge in [-0.2, -0.15) is 0 Å². The molecule has 6 nitrogen and oxygen atoms in total. The molecular weight excluding hydrogens is 246 g/mol. The molecule has 0 fully saturated rings. The summed E-state index contributed by atoms with van der Waals surface area (Å²) in [6, 6.07) is -0.451. The maximum Gasteiger partial charge on any atom is 0.329 e. The van der Waals surface area contributed by atoms with Crippen molar-refractivity contribution in [2.45, 2.75) is 51.6 Å². The van der Waals surface area contributed by atoms with Crippen LogP contribution >= 0.6 is 0 Å². The number of carbonyl (C=O) groups excluding carboxylic acids is 1. The molecule has 6 heteroatoms. The highest BCUT2D eigenvalue weighted by molar-refractivity contribution is 5.85. The first kappa shape index (κ1) is 17.7. The molecule has 0 aliphatic heterocycles. The van der Waals surface area contributed by atoms with Crippen molar-refractivity contribution >= 4 is 12.0 Å². The van der Waals surface area contributed by atoms with Crippen LogP contribution < -0.4 is 10.6 Å². The zero-order chi connectivity index (χ0) is 15.3. The van der Waals surface area contributed by atoms with Crippen LogP contribution in [-0.4, -0.2) is 53.7 Å². The zero-order valence-corrected chi connectivity index (χ0v) is 12.8. The fraction of sp³-hybridized carbons (Fsp3) is 0.846. The third-order valence-corrected chi connectivity index (χ3v) is 3.50. The fourth-order valence-electron chi connectivity index (χ4n) is 1.47. The minimum atomic E-state index is -1.22. The summed E-state index contributed by atoms with van der Waals surface area (Å²) in [4.78, 5) is 25.0. The number of urea groups is 1. The summed E-state index contributed by atoms with van der Waals surface area (Å²) in [5, 5.41) is 14.4. The molecule has 2 amide bonds. The Morgan fingerprint density at radius 2 is 1.74 bits per heavy atom. The Bertz CT molecular complexity index is 329. The molecule has 0 aromatic rings. The lowest BCUT2D eigenvalue weighted by atomic mass is 9.96. The highest BCUT2D eigenvalue weighted by Gasteiger charge is 2.34. The largest absolute Gasteiger partial charge is 0.480 e. The van der Waals surface area contributed by atoms with Crippen LogP contribution in [0.4, 0.5) is 4.79 Å². The molecule has 0 heterocycles. The minimum Gasteiger partial charge on any atom is -0.480 e. The molecule has 0 rings (SSSR count). The number of hydrogen-bond acceptors (Lipinski definition) is 3. The highest BCUT2D eigenvalue weighted by Crippen LogP contribution is 2.13. The van der Waals surface area contributed by atoms with Crippen molar-refractivity contribution in [1.29, 1.82) is 0 Å². The number of carbonyl (C=O) groups is 2. The van der Waals surface area contributed by atoms with Crippen LogP contribution in [0.3, 0.4) is 0 Å². The van der Waals surface area contributed by atoms with Gasteiger partial charge in [-0.3, -0.25) is 0 Å². The summed E-state index contributed by atoms with van der Waals surface area (Å²) >= 11 is 0. The number of amides is 2. The van der Waals surface area contributed by atoms with E-state index in [0.717, 1.165) is 0 Å². The van der Waals surface area contributed by atoms with Gasteiger partial charge in [0.1, 0.15) is 5.54 Å². The molecule has 0 aliphatic rings. The summed E-state index contributed by atoms with van der Waals surface area (Å²) < 4.78 is 0. The molecule has 19 heavy (non-hydrogen) atoms. The van der Waals surface area contributed by atoms with Crippen molar-refractivity contribution in [3.63, 3.8) is 0 Å². The first-order valence-corrected chi connectivity index (χ1v) is 6.52. The van der Waals surface area contributed by atoms with Crippen molar-refractivity contribution < 1.29 is 14.7 Å². The van der Waals surface area contributed by atoms with E-state index in [1.807, 2.05) is 39.8 Å². The lowest BCUT2D eigenvalue weighted by Gasteiger charge is -2.33. The zero-order valence-electron chi connectivity index (χ0n) is 12.8. The Morgan fingerprint density at radius 3 is 2.11 bits per heavy atom. The molecule has 0 bridgehead atoms. The van der Waals surface area contributed by atoms with E-state index in [9.17, 15) is 14.7 Å². The number of aliphatic carboxylic acids is 1. The second-order valence-corrected chi connectivity index (χ2v) is 5.90. The van der Waals surface area contributed by atoms with Gasteiger partial charge in [0.15, 0.2) is 0 Å². The van der Waals surface area contributed by atoms with E-state index >= 15 is 0 Å². The molecule has 0 aromatic carbocycles. The Morgan fingerprint density at radius 1 is 1.21 bits per heavy atom. The van der Waals surface area contributed by atoms with E-state index in [1.54, 1.807) is 0 Å². The molecule has 3 N–H and O–H groups in total. The number of likely N-dealkylation sites (N-methyl/N-ethyl adjacent to an activating group) is 1. The lowest BCUT2D eigenvalue weighted by molar-refractivity contribution is -0.144. The Hall–Kier alpha value is -1.30. The van der Waals surface area contributed by atoms with Crippen molar-refractivity contribution in [2.75, 3.05) is 20.6 Å². The Kier molecular flexibility index (Phi) is 6.29. The van der Waals surface area contributed by atoms with Crippen molar-refractivity contribution in [3.8, 4) is 0 Å². The number of carboxylic acid groups (broad SMARTS) is 1. The van der Waals surface area contributed by atoms with E-state index in [4.69, 9.17) is 0 Å². The number of rotatable bonds is 7. The summed E-state index contributed by atoms with van der Waals surface area (Å²) in [5.74, 6) is -1.02. The van der Waals surface area contributed by atoms with Crippen LogP contribution in [-0.2, 0) is 4.79 Å². The average Bonchev–Trinajstić information content (AvgIpc) is 2.26. The third-order valence-electron chi connectivity index (χ3n) is 3.50. The second kappa shape index (κ2) is 6.75. The number of nitrogens with one attached hydrogen (secondary N) is 2. The second-order valence-electron chi connectivity index (χ2n) is 5.90. The quantitative estimate of drug-likeness (QED) is 0.652. The Balaban J connectivity index is 4.49. The van der Waals surface area contributed by atoms with Crippen LogP contribution in [0.5, 0.6) is 0 Å². The normalized spacial score (nSPS) is 14.9. The van der Waals surface area contributed by atoms with Crippen LogP contribution in [0.1, 0.15) is 40.5 Å². The third kappa shape index (κ3) is 5.46. The lowest BCUT2D eigenvalue weighted by Crippen LogP contribution is -2.57. The summed E-state index contributed by atoms with van der Waals surface area (Å²) in [7, 11) is 3.86. The minimum absolute atomic E-state index is 0.193. The summed E-state index contributed by atoms with van der Waals surface area (Å²) in [5.41, 5.74) is -1.41. The van der Waals surface area contributed by atoms with Gasteiger partial charge < -0.3 is 20.6 Å². The van der Waals surface area contributed by atoms with Crippen LogP contribution in [0.2, 0.25) is 0 Å². The standard InChI is InChI=1S/C13H27N3O3/c1-7-8-13(4,10(17)18)15-11(19)14-9-12(2,3)16(5)6/h7-9H2,1-6H3,(H,17,18)(H2,14,15,19). The molecule has 1 unspecified atom stereocenters. The first-order chi connectivity index (χ1) is 8.55. The maximum atomic E-state index is 11.8. The van der Waals surface area contributed by atoms with E-state index in [1.165, 1.54) is 6.92 Å². The molecule has 0 spiro atoms. The van der Waals surface area contributed by atoms with Crippen molar-refractivity contribution in [1.82, 2.24) is 15.5 Å². The van der Waals surface area contributed by atoms with Gasteiger partial charge in [-0.05, 0) is 41.3 Å². The van der Waals surface area contributed by atoms with Gasteiger partial charge in [-0.25, -0.2) is 9.59 Å². The van der Waals surface area contributed by atoms with E-state index in [2.05, 4.69) is 10.6 Å². The predicted octanol–water partition coefficient (Wildman–Crippen LogP) is 1.27. The van der Waals surface area contributed by atoms with Crippen molar-refractivity contribution in [2.24, 2.45) is 0 Å². The van der Waals surface area contributed by atoms with Crippen LogP contribution in [0, 0.1) is 0 Å². The maximum absolute atomic E-state index is 11.8. The average molecular weight is 273 g/mol. The van der Waals surface area contributed by atoms with E-state index < -0.39 is 17.5 Å². The van der Waals surface area contributed by atoms with Gasteiger partial charge in [0.05, 0.1) is 0 Å². The van der Waals surface area contributed by atoms with Gasteiger partial charge >= 0.3 is 12.0 Å². The first-order valence-electron chi connectivity index (χ1n) is 6.52. The summed E-state index contributed by atoms with van der Waals surface area (Å²) in [6.45, 7) is 7.84. The molecule has 0 aliphatic carbocycles. The highest BCUT2D eigenvalue weighted by atomic mass is 16.4. The SMILES string of the molecule is CCCC(C)(NC(=O)NCC(C)(C)N(C)C)C(=O)O. The topological polar surface area (TPSA) is 81.7 Å². The molecule has 1 atom stereocenters.